The minimum Gasteiger partial charge on any atom is -0.355 e. The molecule has 1 aliphatic rings. The van der Waals surface area contributed by atoms with Crippen LogP contribution in [0.3, 0.4) is 0 Å². The van der Waals surface area contributed by atoms with Gasteiger partial charge in [-0.05, 0) is 61.4 Å². The maximum absolute atomic E-state index is 13.9. The van der Waals surface area contributed by atoms with Crippen molar-refractivity contribution in [3.8, 4) is 11.3 Å². The molecule has 2 N–H and O–H groups in total. The second-order valence-electron chi connectivity index (χ2n) is 8.45. The first-order chi connectivity index (χ1) is 17.0. The number of nitrogens with one attached hydrogen (secondary N) is 2. The third-order valence-electron chi connectivity index (χ3n) is 6.00. The Morgan fingerprint density at radius 3 is 2.80 bits per heavy atom. The molecule has 0 aliphatic heterocycles. The van der Waals surface area contributed by atoms with Crippen LogP contribution >= 0.6 is 11.3 Å². The highest BCUT2D eigenvalue weighted by Gasteiger charge is 2.27. The van der Waals surface area contributed by atoms with Crippen LogP contribution in [0.4, 0.5) is 9.39 Å². The zero-order valence-corrected chi connectivity index (χ0v) is 19.9. The molecule has 0 saturated heterocycles. The van der Waals surface area contributed by atoms with E-state index in [4.69, 9.17) is 4.52 Å². The summed E-state index contributed by atoms with van der Waals surface area (Å²) in [5, 5.41) is 10.2. The van der Waals surface area contributed by atoms with Gasteiger partial charge in [0.15, 0.2) is 11.5 Å². The molecule has 0 bridgehead atoms. The maximum Gasteiger partial charge on any atom is 0.278 e. The van der Waals surface area contributed by atoms with Crippen molar-refractivity contribution in [2.75, 3.05) is 5.32 Å². The van der Waals surface area contributed by atoms with E-state index in [1.807, 2.05) is 12.1 Å². The van der Waals surface area contributed by atoms with Gasteiger partial charge in [-0.3, -0.25) is 14.6 Å². The molecular weight excluding hydrogens is 467 g/mol. The Morgan fingerprint density at radius 2 is 2.00 bits per heavy atom. The van der Waals surface area contributed by atoms with E-state index in [0.717, 1.165) is 41.7 Å². The second kappa shape index (κ2) is 9.79. The quantitative estimate of drug-likeness (QED) is 0.382. The minimum atomic E-state index is -0.493. The lowest BCUT2D eigenvalue weighted by Crippen LogP contribution is -2.25. The second-order valence-corrected chi connectivity index (χ2v) is 9.56. The molecule has 3 aromatic heterocycles. The van der Waals surface area contributed by atoms with Crippen molar-refractivity contribution in [2.24, 2.45) is 0 Å². The van der Waals surface area contributed by atoms with E-state index in [1.54, 1.807) is 31.5 Å². The number of carbonyl (C=O) groups is 2. The van der Waals surface area contributed by atoms with Crippen molar-refractivity contribution in [1.29, 1.82) is 0 Å². The number of hydrogen-bond donors (Lipinski definition) is 2. The summed E-state index contributed by atoms with van der Waals surface area (Å²) >= 11 is 1.43. The Morgan fingerprint density at radius 1 is 1.14 bits per heavy atom. The van der Waals surface area contributed by atoms with Crippen molar-refractivity contribution in [2.45, 2.75) is 39.2 Å². The fourth-order valence-corrected chi connectivity index (χ4v) is 5.38. The molecule has 178 valence electrons. The smallest absolute Gasteiger partial charge is 0.278 e. The number of pyridine rings is 1. The summed E-state index contributed by atoms with van der Waals surface area (Å²) in [7, 11) is 0. The van der Waals surface area contributed by atoms with Crippen LogP contribution in [0.1, 0.15) is 55.3 Å². The van der Waals surface area contributed by atoms with Gasteiger partial charge in [0.2, 0.25) is 0 Å². The summed E-state index contributed by atoms with van der Waals surface area (Å²) in [4.78, 5) is 31.4. The average Bonchev–Trinajstić information content (AvgIpc) is 3.50. The van der Waals surface area contributed by atoms with Crippen molar-refractivity contribution < 1.29 is 18.5 Å². The number of amides is 2. The lowest BCUT2D eigenvalue weighted by molar-refractivity contribution is 0.0951. The van der Waals surface area contributed by atoms with Gasteiger partial charge < -0.3 is 15.2 Å². The molecular formula is C26H23FN4O3S. The van der Waals surface area contributed by atoms with Crippen molar-refractivity contribution in [1.82, 2.24) is 15.5 Å². The lowest BCUT2D eigenvalue weighted by Gasteiger charge is -2.13. The van der Waals surface area contributed by atoms with Crippen molar-refractivity contribution in [3.05, 3.63) is 87.4 Å². The Hall–Kier alpha value is -3.85. The third-order valence-corrected chi connectivity index (χ3v) is 7.21. The van der Waals surface area contributed by atoms with Crippen LogP contribution in [0, 0.1) is 12.7 Å². The largest absolute Gasteiger partial charge is 0.355 e. The van der Waals surface area contributed by atoms with E-state index in [1.165, 1.54) is 23.5 Å². The van der Waals surface area contributed by atoms with E-state index in [9.17, 15) is 14.0 Å². The molecule has 35 heavy (non-hydrogen) atoms. The van der Waals surface area contributed by atoms with Gasteiger partial charge in [0, 0.05) is 35.4 Å². The molecule has 0 fully saturated rings. The van der Waals surface area contributed by atoms with Crippen LogP contribution in [-0.4, -0.2) is 22.0 Å². The topological polar surface area (TPSA) is 97.1 Å². The molecule has 1 aromatic carbocycles. The molecule has 9 heteroatoms. The maximum atomic E-state index is 13.9. The van der Waals surface area contributed by atoms with E-state index in [2.05, 4.69) is 20.8 Å². The fraction of sp³-hybridized carbons (Fsp3) is 0.231. The number of aromatic nitrogens is 2. The zero-order chi connectivity index (χ0) is 24.4. The molecule has 5 rings (SSSR count). The van der Waals surface area contributed by atoms with Gasteiger partial charge in [-0.15, -0.1) is 11.3 Å². The molecule has 0 spiro atoms. The summed E-state index contributed by atoms with van der Waals surface area (Å²) in [6.45, 7) is 2.01. The SMILES string of the molecule is Cc1ccc(-c2cc(C(=O)Nc3sc4c(c3C(=O)NCc3cccnc3)CCCC4)no2)cc1F. The summed E-state index contributed by atoms with van der Waals surface area (Å²) in [6.07, 6.45) is 7.11. The monoisotopic (exact) mass is 490 g/mol. The molecule has 0 radical (unpaired) electrons. The summed E-state index contributed by atoms with van der Waals surface area (Å²) in [6, 6.07) is 9.86. The Kier molecular flexibility index (Phi) is 6.41. The van der Waals surface area contributed by atoms with E-state index < -0.39 is 5.91 Å². The highest BCUT2D eigenvalue weighted by molar-refractivity contribution is 7.17. The number of anilines is 1. The standard InChI is InChI=1S/C26H23FN4O3S/c1-15-8-9-17(11-19(15)27)21-12-20(31-34-21)24(32)30-26-23(18-6-2-3-7-22(18)35-26)25(33)29-14-16-5-4-10-28-13-16/h4-5,8-13H,2-3,6-7,14H2,1H3,(H,29,33)(H,30,32). The molecule has 1 aliphatic carbocycles. The van der Waals surface area contributed by atoms with Gasteiger partial charge in [0.1, 0.15) is 10.8 Å². The van der Waals surface area contributed by atoms with Crippen molar-refractivity contribution in [3.63, 3.8) is 0 Å². The molecule has 7 nitrogen and oxygen atoms in total. The molecule has 0 unspecified atom stereocenters. The number of nitrogens with zero attached hydrogens (tertiary/aromatic N) is 2. The number of fused-ring (bicyclic) bond motifs is 1. The fourth-order valence-electron chi connectivity index (χ4n) is 4.10. The predicted molar refractivity (Wildman–Crippen MR) is 131 cm³/mol. The normalized spacial score (nSPS) is 12.7. The van der Waals surface area contributed by atoms with Gasteiger partial charge >= 0.3 is 0 Å². The summed E-state index contributed by atoms with van der Waals surface area (Å²) < 4.78 is 19.2. The first-order valence-electron chi connectivity index (χ1n) is 11.4. The van der Waals surface area contributed by atoms with Gasteiger partial charge in [-0.1, -0.05) is 23.4 Å². The summed E-state index contributed by atoms with van der Waals surface area (Å²) in [5.74, 6) is -0.808. The number of thiophene rings is 1. The van der Waals surface area contributed by atoms with E-state index in [-0.39, 0.29) is 23.2 Å². The Bertz CT molecular complexity index is 1400. The molecule has 0 atom stereocenters. The Labute approximate surface area is 205 Å². The van der Waals surface area contributed by atoms with Gasteiger partial charge in [-0.25, -0.2) is 4.39 Å². The highest BCUT2D eigenvalue weighted by Crippen LogP contribution is 2.38. The number of rotatable bonds is 6. The first-order valence-corrected chi connectivity index (χ1v) is 12.2. The van der Waals surface area contributed by atoms with E-state index in [0.29, 0.717) is 28.2 Å². The predicted octanol–water partition coefficient (Wildman–Crippen LogP) is 5.31. The zero-order valence-electron chi connectivity index (χ0n) is 19.1. The first kappa shape index (κ1) is 22.9. The molecule has 4 aromatic rings. The van der Waals surface area contributed by atoms with Crippen LogP contribution < -0.4 is 10.6 Å². The van der Waals surface area contributed by atoms with Crippen LogP contribution in [0.15, 0.2) is 53.3 Å². The van der Waals surface area contributed by atoms with Crippen LogP contribution in [0.2, 0.25) is 0 Å². The third kappa shape index (κ3) is 4.85. The Balaban J connectivity index is 1.37. The number of benzene rings is 1. The van der Waals surface area contributed by atoms with Gasteiger partial charge in [-0.2, -0.15) is 0 Å². The molecule has 0 saturated carbocycles. The summed E-state index contributed by atoms with van der Waals surface area (Å²) in [5.41, 5.74) is 3.44. The van der Waals surface area contributed by atoms with Crippen molar-refractivity contribution >= 4 is 28.2 Å². The van der Waals surface area contributed by atoms with Crippen LogP contribution in [0.25, 0.3) is 11.3 Å². The minimum absolute atomic E-state index is 0.0501. The van der Waals surface area contributed by atoms with Crippen LogP contribution in [-0.2, 0) is 19.4 Å². The number of carbonyl (C=O) groups excluding carboxylic acids is 2. The van der Waals surface area contributed by atoms with Gasteiger partial charge in [0.25, 0.3) is 11.8 Å². The number of hydrogen-bond acceptors (Lipinski definition) is 6. The van der Waals surface area contributed by atoms with E-state index >= 15 is 0 Å². The average molecular weight is 491 g/mol. The lowest BCUT2D eigenvalue weighted by atomic mass is 9.95. The molecule has 3 heterocycles. The highest BCUT2D eigenvalue weighted by atomic mass is 32.1. The van der Waals surface area contributed by atoms with Gasteiger partial charge in [0.05, 0.1) is 5.56 Å². The molecule has 2 amide bonds. The van der Waals surface area contributed by atoms with Crippen LogP contribution in [0.5, 0.6) is 0 Å². The number of halogens is 1. The number of aryl methyl sites for hydroxylation is 2.